The molecule has 0 radical (unpaired) electrons. The maximum atomic E-state index is 5.70. The summed E-state index contributed by atoms with van der Waals surface area (Å²) in [4.78, 5) is 4.52. The zero-order valence-electron chi connectivity index (χ0n) is 9.73. The van der Waals surface area contributed by atoms with Gasteiger partial charge >= 0.3 is 0 Å². The van der Waals surface area contributed by atoms with Crippen molar-refractivity contribution in [2.45, 2.75) is 26.4 Å². The molecule has 86 valence electrons. The average Bonchev–Trinajstić information content (AvgIpc) is 2.67. The van der Waals surface area contributed by atoms with Crippen LogP contribution in [-0.2, 0) is 13.1 Å². The van der Waals surface area contributed by atoms with E-state index in [1.807, 2.05) is 18.2 Å². The van der Waals surface area contributed by atoms with Gasteiger partial charge in [-0.25, -0.2) is 4.98 Å². The van der Waals surface area contributed by atoms with Crippen LogP contribution in [0.25, 0.3) is 11.0 Å². The fourth-order valence-electron chi connectivity index (χ4n) is 1.92. The molecule has 0 bridgehead atoms. The number of benzene rings is 1. The first kappa shape index (κ1) is 11.0. The average molecular weight is 219 g/mol. The van der Waals surface area contributed by atoms with Crippen LogP contribution in [0.1, 0.15) is 19.2 Å². The number of rotatable bonds is 4. The van der Waals surface area contributed by atoms with Crippen LogP contribution in [0, 0.1) is 0 Å². The van der Waals surface area contributed by atoms with E-state index in [9.17, 15) is 0 Å². The van der Waals surface area contributed by atoms with Crippen LogP contribution in [0.15, 0.2) is 18.2 Å². The van der Waals surface area contributed by atoms with E-state index < -0.39 is 0 Å². The smallest absolute Gasteiger partial charge is 0.123 e. The number of imidazole rings is 1. The Morgan fingerprint density at radius 3 is 2.88 bits per heavy atom. The molecule has 2 aromatic rings. The SMILES string of the molecule is CCCn1c(CN)nc2cc(OC)ccc21. The maximum absolute atomic E-state index is 5.70. The molecule has 1 heterocycles. The minimum Gasteiger partial charge on any atom is -0.497 e. The number of nitrogens with zero attached hydrogens (tertiary/aromatic N) is 2. The highest BCUT2D eigenvalue weighted by Crippen LogP contribution is 2.21. The highest BCUT2D eigenvalue weighted by molar-refractivity contribution is 5.77. The van der Waals surface area contributed by atoms with Gasteiger partial charge in [0.05, 0.1) is 24.7 Å². The van der Waals surface area contributed by atoms with E-state index in [1.54, 1.807) is 7.11 Å². The number of ether oxygens (including phenoxy) is 1. The van der Waals surface area contributed by atoms with Gasteiger partial charge in [-0.3, -0.25) is 0 Å². The Bertz CT molecular complexity index is 490. The van der Waals surface area contributed by atoms with Gasteiger partial charge < -0.3 is 15.0 Å². The minimum atomic E-state index is 0.469. The van der Waals surface area contributed by atoms with Gasteiger partial charge in [-0.2, -0.15) is 0 Å². The summed E-state index contributed by atoms with van der Waals surface area (Å²) >= 11 is 0. The van der Waals surface area contributed by atoms with Crippen molar-refractivity contribution in [3.05, 3.63) is 24.0 Å². The van der Waals surface area contributed by atoms with Crippen molar-refractivity contribution in [2.75, 3.05) is 7.11 Å². The van der Waals surface area contributed by atoms with Crippen LogP contribution in [0.2, 0.25) is 0 Å². The number of hydrogen-bond donors (Lipinski definition) is 1. The molecular weight excluding hydrogens is 202 g/mol. The molecule has 1 aromatic heterocycles. The molecule has 0 saturated carbocycles. The second-order valence-corrected chi connectivity index (χ2v) is 3.74. The molecule has 16 heavy (non-hydrogen) atoms. The van der Waals surface area contributed by atoms with E-state index in [1.165, 1.54) is 0 Å². The Morgan fingerprint density at radius 1 is 1.44 bits per heavy atom. The third kappa shape index (κ3) is 1.76. The lowest BCUT2D eigenvalue weighted by atomic mass is 10.3. The van der Waals surface area contributed by atoms with E-state index in [2.05, 4.69) is 16.5 Å². The number of hydrogen-bond acceptors (Lipinski definition) is 3. The molecule has 0 aliphatic heterocycles. The Hall–Kier alpha value is -1.55. The van der Waals surface area contributed by atoms with E-state index >= 15 is 0 Å². The van der Waals surface area contributed by atoms with Crippen LogP contribution >= 0.6 is 0 Å². The Morgan fingerprint density at radius 2 is 2.25 bits per heavy atom. The van der Waals surface area contributed by atoms with Crippen molar-refractivity contribution >= 4 is 11.0 Å². The summed E-state index contributed by atoms with van der Waals surface area (Å²) in [5.74, 6) is 1.77. The lowest BCUT2D eigenvalue weighted by molar-refractivity contribution is 0.415. The molecule has 0 spiro atoms. The van der Waals surface area contributed by atoms with Gasteiger partial charge in [0.2, 0.25) is 0 Å². The fraction of sp³-hybridized carbons (Fsp3) is 0.417. The number of nitrogens with two attached hydrogens (primary N) is 1. The van der Waals surface area contributed by atoms with Gasteiger partial charge in [0, 0.05) is 12.6 Å². The molecule has 0 amide bonds. The molecule has 0 saturated heterocycles. The maximum Gasteiger partial charge on any atom is 0.123 e. The summed E-state index contributed by atoms with van der Waals surface area (Å²) in [7, 11) is 1.66. The standard InChI is InChI=1S/C12H17N3O/c1-3-6-15-11-5-4-9(16-2)7-10(11)14-12(15)8-13/h4-5,7H,3,6,8,13H2,1-2H3. The minimum absolute atomic E-state index is 0.469. The number of methoxy groups -OCH3 is 1. The van der Waals surface area contributed by atoms with Gasteiger partial charge in [-0.05, 0) is 18.6 Å². The first-order valence-electron chi connectivity index (χ1n) is 5.53. The van der Waals surface area contributed by atoms with Crippen molar-refractivity contribution in [2.24, 2.45) is 5.73 Å². The highest BCUT2D eigenvalue weighted by Gasteiger charge is 2.09. The monoisotopic (exact) mass is 219 g/mol. The van der Waals surface area contributed by atoms with Gasteiger partial charge in [0.1, 0.15) is 11.6 Å². The second kappa shape index (κ2) is 4.53. The molecule has 0 aliphatic carbocycles. The molecule has 4 heteroatoms. The van der Waals surface area contributed by atoms with Crippen LogP contribution in [0.5, 0.6) is 5.75 Å². The second-order valence-electron chi connectivity index (χ2n) is 3.74. The number of fused-ring (bicyclic) bond motifs is 1. The Balaban J connectivity index is 2.58. The van der Waals surface area contributed by atoms with Gasteiger partial charge in [0.15, 0.2) is 0 Å². The van der Waals surface area contributed by atoms with E-state index in [4.69, 9.17) is 10.5 Å². The normalized spacial score (nSPS) is 10.9. The zero-order chi connectivity index (χ0) is 11.5. The highest BCUT2D eigenvalue weighted by atomic mass is 16.5. The molecule has 0 atom stereocenters. The lowest BCUT2D eigenvalue weighted by Crippen LogP contribution is -2.08. The third-order valence-corrected chi connectivity index (χ3v) is 2.66. The Kier molecular flexibility index (Phi) is 3.10. The fourth-order valence-corrected chi connectivity index (χ4v) is 1.92. The summed E-state index contributed by atoms with van der Waals surface area (Å²) in [6.07, 6.45) is 1.07. The number of aromatic nitrogens is 2. The molecule has 0 unspecified atom stereocenters. The predicted octanol–water partition coefficient (Wildman–Crippen LogP) is 1.91. The molecule has 0 fully saturated rings. The molecule has 0 aliphatic rings. The topological polar surface area (TPSA) is 53.1 Å². The number of aryl methyl sites for hydroxylation is 1. The van der Waals surface area contributed by atoms with E-state index in [0.717, 1.165) is 35.6 Å². The molecule has 1 aromatic carbocycles. The molecular formula is C12H17N3O. The summed E-state index contributed by atoms with van der Waals surface area (Å²) in [5.41, 5.74) is 7.78. The van der Waals surface area contributed by atoms with Crippen molar-refractivity contribution in [1.29, 1.82) is 0 Å². The summed E-state index contributed by atoms with van der Waals surface area (Å²) in [6.45, 7) is 3.57. The summed E-state index contributed by atoms with van der Waals surface area (Å²) < 4.78 is 7.36. The van der Waals surface area contributed by atoms with Crippen molar-refractivity contribution in [3.63, 3.8) is 0 Å². The molecule has 4 nitrogen and oxygen atoms in total. The molecule has 2 rings (SSSR count). The summed E-state index contributed by atoms with van der Waals surface area (Å²) in [6, 6.07) is 5.94. The van der Waals surface area contributed by atoms with Crippen molar-refractivity contribution in [1.82, 2.24) is 9.55 Å². The van der Waals surface area contributed by atoms with Gasteiger partial charge in [-0.1, -0.05) is 6.92 Å². The van der Waals surface area contributed by atoms with E-state index in [0.29, 0.717) is 6.54 Å². The quantitative estimate of drug-likeness (QED) is 0.854. The van der Waals surface area contributed by atoms with Crippen LogP contribution in [0.4, 0.5) is 0 Å². The molecule has 2 N–H and O–H groups in total. The largest absolute Gasteiger partial charge is 0.497 e. The van der Waals surface area contributed by atoms with Crippen molar-refractivity contribution in [3.8, 4) is 5.75 Å². The van der Waals surface area contributed by atoms with Crippen LogP contribution in [0.3, 0.4) is 0 Å². The third-order valence-electron chi connectivity index (χ3n) is 2.66. The summed E-state index contributed by atoms with van der Waals surface area (Å²) in [5, 5.41) is 0. The zero-order valence-corrected chi connectivity index (χ0v) is 9.73. The van der Waals surface area contributed by atoms with Gasteiger partial charge in [-0.15, -0.1) is 0 Å². The Labute approximate surface area is 95.0 Å². The van der Waals surface area contributed by atoms with Crippen molar-refractivity contribution < 1.29 is 4.74 Å². The van der Waals surface area contributed by atoms with Crippen LogP contribution in [-0.4, -0.2) is 16.7 Å². The first-order chi connectivity index (χ1) is 7.80. The lowest BCUT2D eigenvalue weighted by Gasteiger charge is -2.05. The van der Waals surface area contributed by atoms with Gasteiger partial charge in [0.25, 0.3) is 0 Å². The van der Waals surface area contributed by atoms with Crippen LogP contribution < -0.4 is 10.5 Å². The predicted molar refractivity (Wildman–Crippen MR) is 64.5 cm³/mol. The van der Waals surface area contributed by atoms with E-state index in [-0.39, 0.29) is 0 Å². The first-order valence-corrected chi connectivity index (χ1v) is 5.53.